The first kappa shape index (κ1) is 18.3. The van der Waals surface area contributed by atoms with Crippen LogP contribution < -0.4 is 0 Å². The van der Waals surface area contributed by atoms with Gasteiger partial charge in [0, 0.05) is 0 Å². The molecule has 1 atom stereocenters. The molecule has 0 fully saturated rings. The molecule has 114 valence electrons. The summed E-state index contributed by atoms with van der Waals surface area (Å²) < 4.78 is 45.6. The quantitative estimate of drug-likeness (QED) is 0.705. The Labute approximate surface area is 113 Å². The van der Waals surface area contributed by atoms with E-state index >= 15 is 0 Å². The maximum atomic E-state index is 13.5. The van der Waals surface area contributed by atoms with Crippen LogP contribution in [-0.4, -0.2) is 17.7 Å². The summed E-state index contributed by atoms with van der Waals surface area (Å²) in [7, 11) is 0. The molecule has 19 heavy (non-hydrogen) atoms. The Morgan fingerprint density at radius 2 is 1.47 bits per heavy atom. The van der Waals surface area contributed by atoms with Crippen LogP contribution in [0, 0.1) is 17.3 Å². The predicted octanol–water partition coefficient (Wildman–Crippen LogP) is 4.58. The lowest BCUT2D eigenvalue weighted by Crippen LogP contribution is -2.52. The zero-order valence-corrected chi connectivity index (χ0v) is 12.8. The molecular formula is C14H25F3O2. The SMILES string of the molecule is CC(C)CC(C(=O)OC(C)(C)C)(C(C)C)C(F)(F)F. The van der Waals surface area contributed by atoms with Crippen LogP contribution in [0.1, 0.15) is 54.9 Å². The van der Waals surface area contributed by atoms with Gasteiger partial charge in [-0.1, -0.05) is 27.7 Å². The molecule has 5 heteroatoms. The van der Waals surface area contributed by atoms with E-state index in [9.17, 15) is 18.0 Å². The highest BCUT2D eigenvalue weighted by Crippen LogP contribution is 2.50. The number of alkyl halides is 3. The van der Waals surface area contributed by atoms with E-state index in [0.29, 0.717) is 0 Å². The molecule has 0 aromatic carbocycles. The maximum Gasteiger partial charge on any atom is 0.405 e. The molecule has 1 unspecified atom stereocenters. The van der Waals surface area contributed by atoms with Crippen LogP contribution in [0.5, 0.6) is 0 Å². The summed E-state index contributed by atoms with van der Waals surface area (Å²) in [6, 6.07) is 0. The average molecular weight is 282 g/mol. The van der Waals surface area contributed by atoms with Gasteiger partial charge in [0.05, 0.1) is 0 Å². The van der Waals surface area contributed by atoms with Gasteiger partial charge in [0.2, 0.25) is 0 Å². The Hall–Kier alpha value is -0.740. The highest BCUT2D eigenvalue weighted by atomic mass is 19.4. The lowest BCUT2D eigenvalue weighted by molar-refractivity contribution is -0.255. The van der Waals surface area contributed by atoms with E-state index < -0.39 is 29.1 Å². The minimum atomic E-state index is -4.62. The van der Waals surface area contributed by atoms with Gasteiger partial charge in [0.15, 0.2) is 5.41 Å². The topological polar surface area (TPSA) is 26.3 Å². The lowest BCUT2D eigenvalue weighted by atomic mass is 9.70. The summed E-state index contributed by atoms with van der Waals surface area (Å²) >= 11 is 0. The Balaban J connectivity index is 5.66. The molecule has 0 rings (SSSR count). The van der Waals surface area contributed by atoms with E-state index in [2.05, 4.69) is 0 Å². The highest BCUT2D eigenvalue weighted by Gasteiger charge is 2.63. The minimum Gasteiger partial charge on any atom is -0.459 e. The van der Waals surface area contributed by atoms with Crippen LogP contribution >= 0.6 is 0 Å². The van der Waals surface area contributed by atoms with Gasteiger partial charge < -0.3 is 4.74 Å². The van der Waals surface area contributed by atoms with E-state index in [1.54, 1.807) is 34.6 Å². The zero-order valence-electron chi connectivity index (χ0n) is 12.8. The Bertz CT molecular complexity index is 314. The second kappa shape index (κ2) is 5.71. The number of rotatable bonds is 4. The third kappa shape index (κ3) is 4.39. The maximum absolute atomic E-state index is 13.5. The molecule has 0 heterocycles. The van der Waals surface area contributed by atoms with E-state index in [1.165, 1.54) is 13.8 Å². The highest BCUT2D eigenvalue weighted by molar-refractivity contribution is 5.78. The number of halogens is 3. The summed E-state index contributed by atoms with van der Waals surface area (Å²) in [5, 5.41) is 0. The largest absolute Gasteiger partial charge is 0.459 e. The smallest absolute Gasteiger partial charge is 0.405 e. The zero-order chi connectivity index (χ0) is 15.6. The second-order valence-electron chi connectivity index (χ2n) is 6.72. The van der Waals surface area contributed by atoms with Crippen LogP contribution in [0.4, 0.5) is 13.2 Å². The molecule has 0 saturated carbocycles. The van der Waals surface area contributed by atoms with Crippen molar-refractivity contribution in [3.8, 4) is 0 Å². The third-order valence-corrected chi connectivity index (χ3v) is 2.98. The Morgan fingerprint density at radius 3 is 1.68 bits per heavy atom. The van der Waals surface area contributed by atoms with Crippen LogP contribution in [0.15, 0.2) is 0 Å². The van der Waals surface area contributed by atoms with Gasteiger partial charge >= 0.3 is 12.1 Å². The van der Waals surface area contributed by atoms with Crippen molar-refractivity contribution in [2.45, 2.75) is 66.7 Å². The van der Waals surface area contributed by atoms with Crippen LogP contribution in [0.2, 0.25) is 0 Å². The van der Waals surface area contributed by atoms with Crippen molar-refractivity contribution >= 4 is 5.97 Å². The number of carbonyl (C=O) groups is 1. The van der Waals surface area contributed by atoms with E-state index in [-0.39, 0.29) is 12.3 Å². The molecule has 0 saturated heterocycles. The molecule has 0 spiro atoms. The van der Waals surface area contributed by atoms with Crippen molar-refractivity contribution in [1.29, 1.82) is 0 Å². The molecule has 2 nitrogen and oxygen atoms in total. The molecule has 0 aliphatic heterocycles. The summed E-state index contributed by atoms with van der Waals surface area (Å²) in [6.07, 6.45) is -4.88. The molecular weight excluding hydrogens is 257 g/mol. The van der Waals surface area contributed by atoms with Crippen molar-refractivity contribution in [3.63, 3.8) is 0 Å². The second-order valence-corrected chi connectivity index (χ2v) is 6.72. The van der Waals surface area contributed by atoms with Crippen molar-refractivity contribution in [3.05, 3.63) is 0 Å². The number of carbonyl (C=O) groups excluding carboxylic acids is 1. The fourth-order valence-corrected chi connectivity index (χ4v) is 2.13. The summed E-state index contributed by atoms with van der Waals surface area (Å²) in [4.78, 5) is 12.2. The summed E-state index contributed by atoms with van der Waals surface area (Å²) in [6.45, 7) is 10.9. The van der Waals surface area contributed by atoms with Gasteiger partial charge in [0.1, 0.15) is 5.60 Å². The molecule has 0 radical (unpaired) electrons. The number of hydrogen-bond acceptors (Lipinski definition) is 2. The molecule has 0 aliphatic rings. The number of esters is 1. The fraction of sp³-hybridized carbons (Fsp3) is 0.929. The van der Waals surface area contributed by atoms with E-state index in [4.69, 9.17) is 4.74 Å². The number of hydrogen-bond donors (Lipinski definition) is 0. The van der Waals surface area contributed by atoms with Gasteiger partial charge in [-0.25, -0.2) is 0 Å². The lowest BCUT2D eigenvalue weighted by Gasteiger charge is -2.39. The third-order valence-electron chi connectivity index (χ3n) is 2.98. The van der Waals surface area contributed by atoms with Crippen LogP contribution in [0.25, 0.3) is 0 Å². The molecule has 0 N–H and O–H groups in total. The first-order valence-electron chi connectivity index (χ1n) is 6.54. The fourth-order valence-electron chi connectivity index (χ4n) is 2.13. The standard InChI is InChI=1S/C14H25F3O2/c1-9(2)8-13(10(3)4,14(15,16)17)11(18)19-12(5,6)7/h9-10H,8H2,1-7H3. The molecule has 0 aromatic heterocycles. The van der Waals surface area contributed by atoms with Crippen molar-refractivity contribution < 1.29 is 22.7 Å². The van der Waals surface area contributed by atoms with Gasteiger partial charge in [-0.05, 0) is 39.0 Å². The Morgan fingerprint density at radius 1 is 1.05 bits per heavy atom. The molecule has 0 aromatic rings. The van der Waals surface area contributed by atoms with Gasteiger partial charge in [0.25, 0.3) is 0 Å². The summed E-state index contributed by atoms with van der Waals surface area (Å²) in [5.41, 5.74) is -3.37. The normalized spacial score (nSPS) is 16.6. The van der Waals surface area contributed by atoms with Gasteiger partial charge in [-0.15, -0.1) is 0 Å². The number of ether oxygens (including phenoxy) is 1. The van der Waals surface area contributed by atoms with E-state index in [0.717, 1.165) is 0 Å². The van der Waals surface area contributed by atoms with Gasteiger partial charge in [-0.2, -0.15) is 13.2 Å². The average Bonchev–Trinajstić information content (AvgIpc) is 2.07. The first-order valence-corrected chi connectivity index (χ1v) is 6.54. The molecule has 0 amide bonds. The monoisotopic (exact) mass is 282 g/mol. The Kier molecular flexibility index (Phi) is 5.49. The van der Waals surface area contributed by atoms with Crippen LogP contribution in [0.3, 0.4) is 0 Å². The summed E-state index contributed by atoms with van der Waals surface area (Å²) in [5.74, 6) is -2.29. The predicted molar refractivity (Wildman–Crippen MR) is 68.6 cm³/mol. The molecule has 0 aliphatic carbocycles. The first-order chi connectivity index (χ1) is 8.24. The van der Waals surface area contributed by atoms with E-state index in [1.807, 2.05) is 0 Å². The van der Waals surface area contributed by atoms with Crippen molar-refractivity contribution in [2.24, 2.45) is 17.3 Å². The van der Waals surface area contributed by atoms with Gasteiger partial charge in [-0.3, -0.25) is 4.79 Å². The minimum absolute atomic E-state index is 0.253. The van der Waals surface area contributed by atoms with Crippen molar-refractivity contribution in [1.82, 2.24) is 0 Å². The molecule has 0 bridgehead atoms. The van der Waals surface area contributed by atoms with Crippen LogP contribution in [-0.2, 0) is 9.53 Å². The van der Waals surface area contributed by atoms with Crippen molar-refractivity contribution in [2.75, 3.05) is 0 Å².